The molecular formula is C11H12BrF2NO. The highest BCUT2D eigenvalue weighted by Gasteiger charge is 2.33. The van der Waals surface area contributed by atoms with Crippen molar-refractivity contribution in [1.29, 1.82) is 0 Å². The molecule has 5 heteroatoms. The Morgan fingerprint density at radius 1 is 1.44 bits per heavy atom. The van der Waals surface area contributed by atoms with Crippen LogP contribution in [0.5, 0.6) is 0 Å². The molecule has 1 aromatic rings. The van der Waals surface area contributed by atoms with Crippen LogP contribution in [0.3, 0.4) is 0 Å². The fraction of sp³-hybridized carbons (Fsp3) is 0.455. The Labute approximate surface area is 101 Å². The van der Waals surface area contributed by atoms with Crippen LogP contribution in [0.2, 0.25) is 0 Å². The zero-order chi connectivity index (χ0) is 11.8. The van der Waals surface area contributed by atoms with Gasteiger partial charge in [-0.25, -0.2) is 8.78 Å². The molecule has 1 fully saturated rings. The highest BCUT2D eigenvalue weighted by molar-refractivity contribution is 9.10. The molecule has 0 unspecified atom stereocenters. The third kappa shape index (κ3) is 2.26. The molecule has 1 aliphatic heterocycles. The lowest BCUT2D eigenvalue weighted by molar-refractivity contribution is -0.0783. The van der Waals surface area contributed by atoms with Crippen molar-refractivity contribution in [3.63, 3.8) is 0 Å². The molecule has 0 radical (unpaired) electrons. The molecule has 0 aliphatic carbocycles. The predicted molar refractivity (Wildman–Crippen MR) is 60.1 cm³/mol. The molecule has 0 saturated carbocycles. The van der Waals surface area contributed by atoms with Crippen molar-refractivity contribution < 1.29 is 13.5 Å². The first kappa shape index (κ1) is 12.0. The van der Waals surface area contributed by atoms with Crippen LogP contribution in [-0.4, -0.2) is 18.7 Å². The molecule has 0 atom stereocenters. The Kier molecular flexibility index (Phi) is 3.28. The van der Waals surface area contributed by atoms with Crippen molar-refractivity contribution in [2.75, 3.05) is 13.1 Å². The molecule has 16 heavy (non-hydrogen) atoms. The molecule has 0 aromatic heterocycles. The minimum atomic E-state index is -0.587. The smallest absolute Gasteiger partial charge is 0.145 e. The maximum atomic E-state index is 13.6. The second kappa shape index (κ2) is 4.39. The highest BCUT2D eigenvalue weighted by Crippen LogP contribution is 2.25. The minimum Gasteiger partial charge on any atom is -0.368 e. The van der Waals surface area contributed by atoms with Gasteiger partial charge in [-0.1, -0.05) is 0 Å². The summed E-state index contributed by atoms with van der Waals surface area (Å²) in [6, 6.07) is 2.58. The van der Waals surface area contributed by atoms with E-state index in [1.165, 1.54) is 12.1 Å². The van der Waals surface area contributed by atoms with Gasteiger partial charge in [0.1, 0.15) is 11.6 Å². The summed E-state index contributed by atoms with van der Waals surface area (Å²) in [6.45, 7) is 3.29. The van der Waals surface area contributed by atoms with Crippen molar-refractivity contribution in [3.05, 3.63) is 33.8 Å². The summed E-state index contributed by atoms with van der Waals surface area (Å²) in [5, 5.41) is 3.06. The van der Waals surface area contributed by atoms with Crippen molar-refractivity contribution >= 4 is 15.9 Å². The quantitative estimate of drug-likeness (QED) is 0.865. The molecule has 88 valence electrons. The van der Waals surface area contributed by atoms with Crippen molar-refractivity contribution in [1.82, 2.24) is 5.32 Å². The minimum absolute atomic E-state index is 0.0255. The number of hydrogen-bond donors (Lipinski definition) is 1. The molecule has 2 nitrogen and oxygen atoms in total. The van der Waals surface area contributed by atoms with Crippen LogP contribution < -0.4 is 5.32 Å². The Hall–Kier alpha value is -0.520. The summed E-state index contributed by atoms with van der Waals surface area (Å²) in [7, 11) is 0. The van der Waals surface area contributed by atoms with Gasteiger partial charge in [0.25, 0.3) is 0 Å². The van der Waals surface area contributed by atoms with Crippen LogP contribution in [0.1, 0.15) is 12.5 Å². The van der Waals surface area contributed by atoms with Crippen LogP contribution >= 0.6 is 15.9 Å². The Bertz CT molecular complexity index is 407. The SMILES string of the molecule is CC1(OCc2c(F)ccc(Br)c2F)CNC1. The van der Waals surface area contributed by atoms with Gasteiger partial charge < -0.3 is 10.1 Å². The van der Waals surface area contributed by atoms with Gasteiger partial charge >= 0.3 is 0 Å². The summed E-state index contributed by atoms with van der Waals surface area (Å²) in [5.74, 6) is -1.16. The van der Waals surface area contributed by atoms with E-state index in [0.717, 1.165) is 0 Å². The van der Waals surface area contributed by atoms with E-state index in [-0.39, 0.29) is 22.2 Å². The van der Waals surface area contributed by atoms with E-state index in [2.05, 4.69) is 21.2 Å². The van der Waals surface area contributed by atoms with E-state index < -0.39 is 11.6 Å². The Morgan fingerprint density at radius 3 is 2.69 bits per heavy atom. The zero-order valence-electron chi connectivity index (χ0n) is 8.82. The maximum absolute atomic E-state index is 13.6. The van der Waals surface area contributed by atoms with Crippen molar-refractivity contribution in [2.24, 2.45) is 0 Å². The zero-order valence-corrected chi connectivity index (χ0v) is 10.4. The molecule has 0 bridgehead atoms. The summed E-state index contributed by atoms with van der Waals surface area (Å²) in [4.78, 5) is 0. The van der Waals surface area contributed by atoms with Gasteiger partial charge in [0.15, 0.2) is 0 Å². The molecule has 2 rings (SSSR count). The van der Waals surface area contributed by atoms with Crippen molar-refractivity contribution in [3.8, 4) is 0 Å². The van der Waals surface area contributed by atoms with Crippen LogP contribution in [0, 0.1) is 11.6 Å². The second-order valence-electron chi connectivity index (χ2n) is 4.16. The first-order valence-corrected chi connectivity index (χ1v) is 5.78. The van der Waals surface area contributed by atoms with Crippen LogP contribution in [0.15, 0.2) is 16.6 Å². The lowest BCUT2D eigenvalue weighted by atomic mass is 10.00. The number of hydrogen-bond acceptors (Lipinski definition) is 2. The highest BCUT2D eigenvalue weighted by atomic mass is 79.9. The third-order valence-electron chi connectivity index (χ3n) is 2.70. The number of nitrogens with one attached hydrogen (secondary N) is 1. The van der Waals surface area contributed by atoms with Gasteiger partial charge in [-0.2, -0.15) is 0 Å². The fourth-order valence-corrected chi connectivity index (χ4v) is 1.90. The van der Waals surface area contributed by atoms with E-state index in [4.69, 9.17) is 4.74 Å². The third-order valence-corrected chi connectivity index (χ3v) is 3.31. The van der Waals surface area contributed by atoms with Crippen LogP contribution in [-0.2, 0) is 11.3 Å². The van der Waals surface area contributed by atoms with Crippen molar-refractivity contribution in [2.45, 2.75) is 19.1 Å². The van der Waals surface area contributed by atoms with E-state index in [0.29, 0.717) is 13.1 Å². The number of benzene rings is 1. The van der Waals surface area contributed by atoms with E-state index in [1.54, 1.807) is 0 Å². The molecule has 0 amide bonds. The molecule has 0 spiro atoms. The Balaban J connectivity index is 2.11. The summed E-state index contributed by atoms with van der Waals surface area (Å²) < 4.78 is 32.7. The van der Waals surface area contributed by atoms with Gasteiger partial charge in [-0.3, -0.25) is 0 Å². The largest absolute Gasteiger partial charge is 0.368 e. The van der Waals surface area contributed by atoms with Gasteiger partial charge in [0.05, 0.1) is 22.2 Å². The van der Waals surface area contributed by atoms with Gasteiger partial charge in [-0.05, 0) is 35.0 Å². The molecule has 1 aromatic carbocycles. The topological polar surface area (TPSA) is 21.3 Å². The van der Waals surface area contributed by atoms with Gasteiger partial charge in [0.2, 0.25) is 0 Å². The Morgan fingerprint density at radius 2 is 2.12 bits per heavy atom. The molecule has 1 aliphatic rings. The molecule has 1 saturated heterocycles. The average molecular weight is 292 g/mol. The monoisotopic (exact) mass is 291 g/mol. The first-order valence-electron chi connectivity index (χ1n) is 4.99. The first-order chi connectivity index (χ1) is 7.52. The summed E-state index contributed by atoms with van der Waals surface area (Å²) >= 11 is 3.02. The number of rotatable bonds is 3. The van der Waals surface area contributed by atoms with Crippen LogP contribution in [0.4, 0.5) is 8.78 Å². The van der Waals surface area contributed by atoms with Gasteiger partial charge in [-0.15, -0.1) is 0 Å². The van der Waals surface area contributed by atoms with E-state index >= 15 is 0 Å². The lowest BCUT2D eigenvalue weighted by Gasteiger charge is -2.39. The normalized spacial score (nSPS) is 18.2. The standard InChI is InChI=1S/C11H12BrF2NO/c1-11(5-15-6-11)16-4-7-9(13)3-2-8(12)10(7)14/h2-3,15H,4-6H2,1H3. The number of halogens is 3. The maximum Gasteiger partial charge on any atom is 0.145 e. The van der Waals surface area contributed by atoms with E-state index in [9.17, 15) is 8.78 Å². The van der Waals surface area contributed by atoms with Gasteiger partial charge in [0, 0.05) is 13.1 Å². The molecular weight excluding hydrogens is 280 g/mol. The lowest BCUT2D eigenvalue weighted by Crippen LogP contribution is -2.58. The summed E-state index contributed by atoms with van der Waals surface area (Å²) in [6.07, 6.45) is 0. The number of ether oxygens (including phenoxy) is 1. The van der Waals surface area contributed by atoms with Crippen LogP contribution in [0.25, 0.3) is 0 Å². The second-order valence-corrected chi connectivity index (χ2v) is 5.02. The predicted octanol–water partition coefficient (Wildman–Crippen LogP) is 2.61. The van der Waals surface area contributed by atoms with E-state index in [1.807, 2.05) is 6.92 Å². The molecule has 1 N–H and O–H groups in total. The fourth-order valence-electron chi connectivity index (χ4n) is 1.53. The average Bonchev–Trinajstić information content (AvgIpc) is 2.21. The summed E-state index contributed by atoms with van der Waals surface area (Å²) in [5.41, 5.74) is -0.330. The molecule has 1 heterocycles.